The Kier molecular flexibility index (Phi) is 4.71. The third-order valence-corrected chi connectivity index (χ3v) is 5.50. The topological polar surface area (TPSA) is 60.6 Å². The maximum atomic E-state index is 5.72. The molecule has 5 rings (SSSR count). The molecule has 0 unspecified atom stereocenters. The van der Waals surface area contributed by atoms with Crippen LogP contribution in [-0.2, 0) is 6.54 Å². The first-order valence-corrected chi connectivity index (χ1v) is 9.86. The monoisotopic (exact) mass is 377 g/mol. The second kappa shape index (κ2) is 7.64. The highest BCUT2D eigenvalue weighted by molar-refractivity contribution is 5.63. The average Bonchev–Trinajstić information content (AvgIpc) is 3.35. The van der Waals surface area contributed by atoms with Gasteiger partial charge in [0.15, 0.2) is 17.3 Å². The molecule has 2 aliphatic rings. The van der Waals surface area contributed by atoms with E-state index in [0.29, 0.717) is 0 Å². The number of aromatic nitrogens is 2. The van der Waals surface area contributed by atoms with Crippen LogP contribution in [0.15, 0.2) is 53.3 Å². The van der Waals surface area contributed by atoms with E-state index in [1.54, 1.807) is 0 Å². The number of rotatable bonds is 4. The fourth-order valence-electron chi connectivity index (χ4n) is 4.05. The van der Waals surface area contributed by atoms with Crippen molar-refractivity contribution in [1.29, 1.82) is 0 Å². The van der Waals surface area contributed by atoms with Gasteiger partial charge in [0.1, 0.15) is 5.69 Å². The quantitative estimate of drug-likeness (QED) is 0.663. The van der Waals surface area contributed by atoms with Crippen molar-refractivity contribution in [2.24, 2.45) is 0 Å². The number of likely N-dealkylation sites (tertiary alicyclic amines) is 1. The summed E-state index contributed by atoms with van der Waals surface area (Å²) in [6, 6.07) is 12.3. The Morgan fingerprint density at radius 1 is 1.04 bits per heavy atom. The second-order valence-electron chi connectivity index (χ2n) is 7.38. The van der Waals surface area contributed by atoms with Gasteiger partial charge in [-0.1, -0.05) is 24.1 Å². The summed E-state index contributed by atoms with van der Waals surface area (Å²) in [6.07, 6.45) is 8.53. The fraction of sp³-hybridized carbons (Fsp3) is 0.364. The number of ether oxygens (including phenoxy) is 2. The summed E-state index contributed by atoms with van der Waals surface area (Å²) in [5.74, 6) is 2.29. The van der Waals surface area contributed by atoms with Crippen LogP contribution in [0.1, 0.15) is 43.0 Å². The van der Waals surface area contributed by atoms with Gasteiger partial charge in [-0.25, -0.2) is 0 Å². The number of fused-ring (bicyclic) bond motifs is 1. The lowest BCUT2D eigenvalue weighted by molar-refractivity contribution is 0.174. The molecule has 0 N–H and O–H groups in total. The van der Waals surface area contributed by atoms with Crippen molar-refractivity contribution >= 4 is 0 Å². The Labute approximate surface area is 164 Å². The van der Waals surface area contributed by atoms with Gasteiger partial charge in [0.2, 0.25) is 6.79 Å². The lowest BCUT2D eigenvalue weighted by Crippen LogP contribution is -2.28. The Bertz CT molecular complexity index is 941. The van der Waals surface area contributed by atoms with Crippen LogP contribution in [-0.4, -0.2) is 28.4 Å². The standard InChI is InChI=1S/C22H23N3O3/c1-2-6-19(25(10-3-1)14-16-5-4-9-23-13-16)18-12-21(28-24-18)17-7-8-20-22(11-17)27-15-26-20/h4-5,7-9,11-13,19H,1-3,6,10,14-15H2/t19-/m0/s1. The third kappa shape index (κ3) is 3.47. The maximum Gasteiger partial charge on any atom is 0.231 e. The molecular formula is C22H23N3O3. The molecule has 0 radical (unpaired) electrons. The van der Waals surface area contributed by atoms with Gasteiger partial charge in [0.25, 0.3) is 0 Å². The Hall–Kier alpha value is -2.86. The molecule has 2 aromatic heterocycles. The van der Waals surface area contributed by atoms with Crippen LogP contribution in [0, 0.1) is 0 Å². The van der Waals surface area contributed by atoms with Gasteiger partial charge in [0.05, 0.1) is 6.04 Å². The molecule has 28 heavy (non-hydrogen) atoms. The molecule has 2 aliphatic heterocycles. The summed E-state index contributed by atoms with van der Waals surface area (Å²) in [5.41, 5.74) is 3.18. The first-order chi connectivity index (χ1) is 13.9. The van der Waals surface area contributed by atoms with E-state index in [0.717, 1.165) is 48.0 Å². The Morgan fingerprint density at radius 3 is 2.93 bits per heavy atom. The highest BCUT2D eigenvalue weighted by atomic mass is 16.7. The molecule has 0 bridgehead atoms. The van der Waals surface area contributed by atoms with Crippen LogP contribution < -0.4 is 9.47 Å². The molecule has 0 saturated carbocycles. The Morgan fingerprint density at radius 2 is 2.00 bits per heavy atom. The molecule has 0 spiro atoms. The predicted molar refractivity (Wildman–Crippen MR) is 104 cm³/mol. The van der Waals surface area contributed by atoms with Crippen molar-refractivity contribution in [3.8, 4) is 22.8 Å². The van der Waals surface area contributed by atoms with E-state index in [-0.39, 0.29) is 12.8 Å². The molecule has 6 heteroatoms. The first kappa shape index (κ1) is 17.3. The van der Waals surface area contributed by atoms with Crippen molar-refractivity contribution < 1.29 is 14.0 Å². The van der Waals surface area contributed by atoms with Gasteiger partial charge >= 0.3 is 0 Å². The molecular weight excluding hydrogens is 354 g/mol. The molecule has 1 atom stereocenters. The lowest BCUT2D eigenvalue weighted by Gasteiger charge is -2.28. The molecule has 1 fully saturated rings. The van der Waals surface area contributed by atoms with E-state index in [2.05, 4.69) is 27.2 Å². The number of benzene rings is 1. The average molecular weight is 377 g/mol. The van der Waals surface area contributed by atoms with Crippen molar-refractivity contribution in [1.82, 2.24) is 15.0 Å². The van der Waals surface area contributed by atoms with Gasteiger partial charge in [-0.15, -0.1) is 0 Å². The smallest absolute Gasteiger partial charge is 0.231 e. The minimum absolute atomic E-state index is 0.259. The molecule has 1 aromatic carbocycles. The van der Waals surface area contributed by atoms with E-state index in [1.165, 1.54) is 24.8 Å². The molecule has 4 heterocycles. The van der Waals surface area contributed by atoms with Crippen molar-refractivity contribution in [2.75, 3.05) is 13.3 Å². The van der Waals surface area contributed by atoms with Crippen LogP contribution in [0.2, 0.25) is 0 Å². The zero-order valence-corrected chi connectivity index (χ0v) is 15.7. The zero-order valence-electron chi connectivity index (χ0n) is 15.7. The summed E-state index contributed by atoms with van der Waals surface area (Å²) >= 11 is 0. The molecule has 0 aliphatic carbocycles. The Balaban J connectivity index is 1.40. The highest BCUT2D eigenvalue weighted by Gasteiger charge is 2.26. The summed E-state index contributed by atoms with van der Waals surface area (Å²) in [6.45, 7) is 2.21. The molecule has 6 nitrogen and oxygen atoms in total. The molecule has 1 saturated heterocycles. The minimum atomic E-state index is 0.259. The second-order valence-corrected chi connectivity index (χ2v) is 7.38. The summed E-state index contributed by atoms with van der Waals surface area (Å²) in [5, 5.41) is 4.44. The van der Waals surface area contributed by atoms with Crippen LogP contribution in [0.4, 0.5) is 0 Å². The molecule has 3 aromatic rings. The van der Waals surface area contributed by atoms with Crippen molar-refractivity contribution in [2.45, 2.75) is 38.3 Å². The van der Waals surface area contributed by atoms with E-state index in [9.17, 15) is 0 Å². The fourth-order valence-corrected chi connectivity index (χ4v) is 4.05. The van der Waals surface area contributed by atoms with Gasteiger partial charge in [-0.05, 0) is 49.2 Å². The van der Waals surface area contributed by atoms with Crippen molar-refractivity contribution in [3.63, 3.8) is 0 Å². The number of pyridine rings is 1. The number of hydrogen-bond donors (Lipinski definition) is 0. The predicted octanol–water partition coefficient (Wildman–Crippen LogP) is 4.58. The number of nitrogens with zero attached hydrogens (tertiary/aromatic N) is 3. The lowest BCUT2D eigenvalue weighted by atomic mass is 10.0. The maximum absolute atomic E-state index is 5.72. The van der Waals surface area contributed by atoms with Crippen LogP contribution in [0.25, 0.3) is 11.3 Å². The van der Waals surface area contributed by atoms with E-state index < -0.39 is 0 Å². The first-order valence-electron chi connectivity index (χ1n) is 9.86. The third-order valence-electron chi connectivity index (χ3n) is 5.50. The molecule has 144 valence electrons. The van der Waals surface area contributed by atoms with E-state index >= 15 is 0 Å². The van der Waals surface area contributed by atoms with E-state index in [4.69, 9.17) is 14.0 Å². The van der Waals surface area contributed by atoms with Gasteiger partial charge in [-0.2, -0.15) is 0 Å². The van der Waals surface area contributed by atoms with Crippen LogP contribution >= 0.6 is 0 Å². The highest BCUT2D eigenvalue weighted by Crippen LogP contribution is 2.37. The van der Waals surface area contributed by atoms with Crippen molar-refractivity contribution in [3.05, 3.63) is 60.0 Å². The SMILES string of the molecule is c1cncc(CN2CCCCC[C@H]2c2cc(-c3ccc4c(c3)OCO4)on2)c1. The van der Waals surface area contributed by atoms with Crippen LogP contribution in [0.3, 0.4) is 0 Å². The largest absolute Gasteiger partial charge is 0.454 e. The molecule has 0 amide bonds. The zero-order chi connectivity index (χ0) is 18.8. The minimum Gasteiger partial charge on any atom is -0.454 e. The summed E-state index contributed by atoms with van der Waals surface area (Å²) < 4.78 is 16.6. The summed E-state index contributed by atoms with van der Waals surface area (Å²) in [4.78, 5) is 6.77. The van der Waals surface area contributed by atoms with Gasteiger partial charge < -0.3 is 14.0 Å². The van der Waals surface area contributed by atoms with Gasteiger partial charge in [0, 0.05) is 30.6 Å². The van der Waals surface area contributed by atoms with E-state index in [1.807, 2.05) is 36.7 Å². The number of hydrogen-bond acceptors (Lipinski definition) is 6. The summed E-state index contributed by atoms with van der Waals surface area (Å²) in [7, 11) is 0. The van der Waals surface area contributed by atoms with Crippen LogP contribution in [0.5, 0.6) is 11.5 Å². The van der Waals surface area contributed by atoms with Gasteiger partial charge in [-0.3, -0.25) is 9.88 Å². The normalized spacial score (nSPS) is 19.5.